The first-order valence-corrected chi connectivity index (χ1v) is 11.7. The zero-order chi connectivity index (χ0) is 20.8. The minimum Gasteiger partial charge on any atom is -0.465 e. The van der Waals surface area contributed by atoms with Gasteiger partial charge in [0.2, 0.25) is 0 Å². The smallest absolute Gasteiger partial charge is 0.126 e. The lowest BCUT2D eigenvalue weighted by molar-refractivity contribution is -0.0209. The molecule has 0 unspecified atom stereocenters. The van der Waals surface area contributed by atoms with E-state index in [2.05, 4.69) is 25.0 Å². The number of nitrogens with zero attached hydrogens (tertiary/aromatic N) is 2. The van der Waals surface area contributed by atoms with Crippen molar-refractivity contribution in [3.8, 4) is 0 Å². The molecule has 3 fully saturated rings. The number of hydrogen-bond donors (Lipinski definition) is 1. The molecule has 1 aromatic rings. The predicted molar refractivity (Wildman–Crippen MR) is 121 cm³/mol. The van der Waals surface area contributed by atoms with E-state index in [9.17, 15) is 5.11 Å². The van der Waals surface area contributed by atoms with Crippen LogP contribution in [-0.2, 0) is 0 Å². The van der Waals surface area contributed by atoms with Crippen LogP contribution in [0.15, 0.2) is 50.7 Å². The number of allylic oxidation sites excluding steroid dienone is 2. The highest BCUT2D eigenvalue weighted by molar-refractivity contribution is 5.93. The Morgan fingerprint density at radius 2 is 1.97 bits per heavy atom. The Balaban J connectivity index is 1.33. The van der Waals surface area contributed by atoms with Gasteiger partial charge in [-0.3, -0.25) is 0 Å². The number of aliphatic hydroxyl groups excluding tert-OH is 1. The lowest BCUT2D eigenvalue weighted by atomic mass is 9.48. The first kappa shape index (κ1) is 20.0. The van der Waals surface area contributed by atoms with Crippen molar-refractivity contribution in [2.24, 2.45) is 38.8 Å². The van der Waals surface area contributed by atoms with Gasteiger partial charge in [-0.25, -0.2) is 0 Å². The minimum absolute atomic E-state index is 0.125. The monoisotopic (exact) mass is 406 g/mol. The number of rotatable bonds is 3. The fourth-order valence-electron chi connectivity index (χ4n) is 7.26. The lowest BCUT2D eigenvalue weighted by Gasteiger charge is -2.57. The van der Waals surface area contributed by atoms with E-state index in [4.69, 9.17) is 9.52 Å². The van der Waals surface area contributed by atoms with Crippen LogP contribution in [0.4, 0.5) is 0 Å². The van der Waals surface area contributed by atoms with Crippen molar-refractivity contribution in [2.75, 3.05) is 0 Å². The maximum Gasteiger partial charge on any atom is 0.126 e. The van der Waals surface area contributed by atoms with Crippen LogP contribution in [0.1, 0.15) is 71.0 Å². The maximum absolute atomic E-state index is 10.2. The molecular weight excluding hydrogens is 372 g/mol. The topological polar surface area (TPSA) is 58.1 Å². The molecule has 4 nitrogen and oxygen atoms in total. The summed E-state index contributed by atoms with van der Waals surface area (Å²) in [7, 11) is 0. The van der Waals surface area contributed by atoms with E-state index in [0.29, 0.717) is 11.3 Å². The average molecular weight is 407 g/mol. The Kier molecular flexibility index (Phi) is 5.09. The molecule has 6 atom stereocenters. The molecule has 0 aliphatic heterocycles. The molecule has 0 radical (unpaired) electrons. The van der Waals surface area contributed by atoms with Gasteiger partial charge in [0.1, 0.15) is 5.76 Å². The molecule has 1 aromatic heterocycles. The molecule has 3 saturated carbocycles. The van der Waals surface area contributed by atoms with Gasteiger partial charge in [0.15, 0.2) is 0 Å². The van der Waals surface area contributed by atoms with Crippen LogP contribution in [0.2, 0.25) is 0 Å². The Morgan fingerprint density at radius 3 is 2.80 bits per heavy atom. The molecule has 160 valence electrons. The third-order valence-electron chi connectivity index (χ3n) is 8.95. The maximum atomic E-state index is 10.2. The molecule has 1 heterocycles. The van der Waals surface area contributed by atoms with Crippen molar-refractivity contribution < 1.29 is 9.52 Å². The van der Waals surface area contributed by atoms with E-state index in [0.717, 1.165) is 43.3 Å². The van der Waals surface area contributed by atoms with Crippen molar-refractivity contribution in [1.29, 1.82) is 0 Å². The summed E-state index contributed by atoms with van der Waals surface area (Å²) in [6, 6.07) is 3.81. The fourth-order valence-corrected chi connectivity index (χ4v) is 7.26. The third-order valence-corrected chi connectivity index (χ3v) is 8.95. The van der Waals surface area contributed by atoms with Gasteiger partial charge in [-0.05, 0) is 98.8 Å². The molecule has 0 spiro atoms. The normalized spacial score (nSPS) is 42.4. The van der Waals surface area contributed by atoms with Crippen molar-refractivity contribution in [3.05, 3.63) is 41.9 Å². The summed E-state index contributed by atoms with van der Waals surface area (Å²) in [4.78, 5) is 0. The van der Waals surface area contributed by atoms with Gasteiger partial charge < -0.3 is 9.52 Å². The van der Waals surface area contributed by atoms with Crippen LogP contribution in [0, 0.1) is 28.6 Å². The average Bonchev–Trinajstić information content (AvgIpc) is 3.36. The molecule has 5 rings (SSSR count). The molecule has 0 amide bonds. The van der Waals surface area contributed by atoms with Crippen LogP contribution in [0.5, 0.6) is 0 Å². The summed E-state index contributed by atoms with van der Waals surface area (Å²) < 4.78 is 5.30. The SMILES string of the molecule is C[C@]12CC[C@@H](O)CC1=CC[C@H]1[C@H]2CC[C@]2(C)\C(=N/N=C\C=C\c3ccco3)CC[C@H]12. The van der Waals surface area contributed by atoms with Crippen LogP contribution in [-0.4, -0.2) is 23.1 Å². The fraction of sp³-hybridized carbons (Fsp3) is 0.615. The first-order valence-electron chi connectivity index (χ1n) is 11.7. The van der Waals surface area contributed by atoms with E-state index >= 15 is 0 Å². The van der Waals surface area contributed by atoms with E-state index in [1.54, 1.807) is 18.1 Å². The van der Waals surface area contributed by atoms with Gasteiger partial charge in [-0.1, -0.05) is 25.5 Å². The van der Waals surface area contributed by atoms with Crippen LogP contribution in [0.25, 0.3) is 6.08 Å². The highest BCUT2D eigenvalue weighted by Crippen LogP contribution is 2.64. The largest absolute Gasteiger partial charge is 0.465 e. The van der Waals surface area contributed by atoms with Crippen LogP contribution < -0.4 is 0 Å². The molecule has 4 heteroatoms. The van der Waals surface area contributed by atoms with Crippen LogP contribution in [0.3, 0.4) is 0 Å². The Labute approximate surface area is 179 Å². The first-order chi connectivity index (χ1) is 14.5. The number of furan rings is 1. The lowest BCUT2D eigenvalue weighted by Crippen LogP contribution is -2.50. The molecule has 1 N–H and O–H groups in total. The minimum atomic E-state index is -0.125. The van der Waals surface area contributed by atoms with Crippen LogP contribution >= 0.6 is 0 Å². The zero-order valence-corrected chi connectivity index (χ0v) is 18.3. The number of fused-ring (bicyclic) bond motifs is 5. The van der Waals surface area contributed by atoms with Gasteiger partial charge in [0.25, 0.3) is 0 Å². The van der Waals surface area contributed by atoms with Gasteiger partial charge in [0.05, 0.1) is 12.4 Å². The Morgan fingerprint density at radius 1 is 1.13 bits per heavy atom. The second-order valence-corrected chi connectivity index (χ2v) is 10.3. The van der Waals surface area contributed by atoms with E-state index in [1.165, 1.54) is 31.4 Å². The second-order valence-electron chi connectivity index (χ2n) is 10.3. The number of aliphatic hydroxyl groups is 1. The summed E-state index contributed by atoms with van der Waals surface area (Å²) in [6.45, 7) is 4.93. The molecular formula is C26H34N2O2. The molecule has 0 saturated heterocycles. The summed E-state index contributed by atoms with van der Waals surface area (Å²) >= 11 is 0. The van der Waals surface area contributed by atoms with Gasteiger partial charge >= 0.3 is 0 Å². The summed E-state index contributed by atoms with van der Waals surface area (Å²) in [6.07, 6.45) is 18.6. The van der Waals surface area contributed by atoms with Crippen molar-refractivity contribution in [2.45, 2.75) is 71.3 Å². The van der Waals surface area contributed by atoms with E-state index in [-0.39, 0.29) is 11.5 Å². The standard InChI is InChI=1S/C26H34N2O2/c1-25-13-11-19(29)17-18(25)7-8-21-22-9-10-24(26(22,2)14-12-23(21)25)28-27-15-3-5-20-6-4-16-30-20/h3-7,15-16,19,21-23,29H,8-14,17H2,1-2H3/b5-3+,27-15-,28-24-/t19-,21-,22-,23-,25+,26+/m1/s1. The quantitative estimate of drug-likeness (QED) is 0.378. The van der Waals surface area contributed by atoms with Gasteiger partial charge in [-0.2, -0.15) is 10.2 Å². The molecule has 0 aromatic carbocycles. The van der Waals surface area contributed by atoms with Crippen molar-refractivity contribution in [3.63, 3.8) is 0 Å². The number of hydrogen-bond acceptors (Lipinski definition) is 4. The molecule has 4 aliphatic rings. The van der Waals surface area contributed by atoms with E-state index in [1.807, 2.05) is 24.3 Å². The molecule has 0 bridgehead atoms. The van der Waals surface area contributed by atoms with Crippen molar-refractivity contribution in [1.82, 2.24) is 0 Å². The second kappa shape index (κ2) is 7.64. The van der Waals surface area contributed by atoms with Gasteiger partial charge in [0, 0.05) is 17.3 Å². The Hall–Kier alpha value is -1.94. The highest BCUT2D eigenvalue weighted by Gasteiger charge is 2.57. The van der Waals surface area contributed by atoms with Gasteiger partial charge in [-0.15, -0.1) is 0 Å². The predicted octanol–water partition coefficient (Wildman–Crippen LogP) is 6.04. The Bertz CT molecular complexity index is 896. The zero-order valence-electron chi connectivity index (χ0n) is 18.3. The van der Waals surface area contributed by atoms with Crippen molar-refractivity contribution >= 4 is 18.0 Å². The molecule has 4 aliphatic carbocycles. The van der Waals surface area contributed by atoms with E-state index < -0.39 is 0 Å². The molecule has 30 heavy (non-hydrogen) atoms. The summed E-state index contributed by atoms with van der Waals surface area (Å²) in [5.74, 6) is 3.06. The summed E-state index contributed by atoms with van der Waals surface area (Å²) in [5.41, 5.74) is 3.34. The summed E-state index contributed by atoms with van der Waals surface area (Å²) in [5, 5.41) is 19.3. The third kappa shape index (κ3) is 3.24. The highest BCUT2D eigenvalue weighted by atomic mass is 16.3.